The molecule has 1 N–H and O–H groups in total. The van der Waals surface area contributed by atoms with E-state index in [0.717, 1.165) is 30.1 Å². The molecule has 1 saturated carbocycles. The monoisotopic (exact) mass is 357 g/mol. The Kier molecular flexibility index (Phi) is 9.36. The van der Waals surface area contributed by atoms with E-state index in [1.54, 1.807) is 12.1 Å². The molecule has 2 aromatic rings. The van der Waals surface area contributed by atoms with Gasteiger partial charge in [0.15, 0.2) is 0 Å². The Hall–Kier alpha value is -1.71. The van der Waals surface area contributed by atoms with Crippen LogP contribution in [0.2, 0.25) is 0 Å². The molecule has 0 bridgehead atoms. The molecule has 0 aliphatic heterocycles. The molecule has 0 aromatic heterocycles. The van der Waals surface area contributed by atoms with E-state index in [1.165, 1.54) is 50.7 Å². The lowest BCUT2D eigenvalue weighted by Gasteiger charge is -2.22. The van der Waals surface area contributed by atoms with Crippen LogP contribution >= 0.6 is 0 Å². The van der Waals surface area contributed by atoms with Gasteiger partial charge in [0.1, 0.15) is 5.82 Å². The zero-order chi connectivity index (χ0) is 18.6. The number of aliphatic hydroxyl groups is 1. The second-order valence-electron chi connectivity index (χ2n) is 7.10. The van der Waals surface area contributed by atoms with E-state index in [1.807, 2.05) is 30.3 Å². The number of aliphatic hydroxyl groups excluding tert-OH is 1. The number of halogens is 1. The molecule has 0 unspecified atom stereocenters. The van der Waals surface area contributed by atoms with Crippen molar-refractivity contribution in [3.63, 3.8) is 0 Å². The third kappa shape index (κ3) is 7.27. The van der Waals surface area contributed by atoms with E-state index in [9.17, 15) is 4.39 Å². The van der Waals surface area contributed by atoms with Gasteiger partial charge in [0.05, 0.1) is 6.73 Å². The minimum atomic E-state index is -0.195. The maximum atomic E-state index is 12.6. The smallest absolute Gasteiger partial charge is 0.123 e. The van der Waals surface area contributed by atoms with Crippen LogP contribution in [-0.4, -0.2) is 29.8 Å². The second kappa shape index (κ2) is 11.8. The van der Waals surface area contributed by atoms with Gasteiger partial charge in [-0.2, -0.15) is 0 Å². The minimum Gasteiger partial charge on any atom is -0.381 e. The lowest BCUT2D eigenvalue weighted by molar-refractivity contribution is 0.0907. The average Bonchev–Trinajstić information content (AvgIpc) is 3.20. The fraction of sp³-hybridized carbons (Fsp3) is 0.478. The molecule has 3 heteroatoms. The Bertz CT molecular complexity index is 593. The zero-order valence-electron chi connectivity index (χ0n) is 15.9. The molecule has 2 aromatic carbocycles. The number of nitrogens with zero attached hydrogens (tertiary/aromatic N) is 1. The molecule has 1 aliphatic rings. The van der Waals surface area contributed by atoms with E-state index >= 15 is 0 Å². The fourth-order valence-electron chi connectivity index (χ4n) is 3.43. The van der Waals surface area contributed by atoms with Gasteiger partial charge in [-0.3, -0.25) is 4.90 Å². The van der Waals surface area contributed by atoms with Crippen molar-refractivity contribution in [2.75, 3.05) is 19.8 Å². The summed E-state index contributed by atoms with van der Waals surface area (Å²) in [6.45, 7) is 4.64. The molecule has 3 rings (SSSR count). The van der Waals surface area contributed by atoms with Gasteiger partial charge in [0.25, 0.3) is 0 Å². The van der Waals surface area contributed by atoms with Gasteiger partial charge < -0.3 is 5.11 Å². The summed E-state index contributed by atoms with van der Waals surface area (Å²) < 4.78 is 12.6. The molecular weight excluding hydrogens is 325 g/mol. The highest BCUT2D eigenvalue weighted by Gasteiger charge is 2.17. The summed E-state index contributed by atoms with van der Waals surface area (Å²) in [5.41, 5.74) is 2.16. The van der Waals surface area contributed by atoms with Gasteiger partial charge in [0, 0.05) is 13.1 Å². The third-order valence-corrected chi connectivity index (χ3v) is 4.97. The van der Waals surface area contributed by atoms with Crippen LogP contribution in [0, 0.1) is 11.7 Å². The Morgan fingerprint density at radius 1 is 0.962 bits per heavy atom. The summed E-state index contributed by atoms with van der Waals surface area (Å²) >= 11 is 0. The molecular formula is C23H32FNO. The van der Waals surface area contributed by atoms with E-state index in [0.29, 0.717) is 0 Å². The molecule has 0 spiro atoms. The highest BCUT2D eigenvalue weighted by molar-refractivity contribution is 5.62. The molecule has 1 aliphatic carbocycles. The molecule has 142 valence electrons. The summed E-state index contributed by atoms with van der Waals surface area (Å²) in [7, 11) is 0. The maximum absolute atomic E-state index is 12.6. The Morgan fingerprint density at radius 2 is 1.58 bits per heavy atom. The van der Waals surface area contributed by atoms with Gasteiger partial charge in [-0.15, -0.1) is 0 Å². The first-order chi connectivity index (χ1) is 12.7. The minimum absolute atomic E-state index is 0.195. The van der Waals surface area contributed by atoms with Crippen LogP contribution in [0.25, 0.3) is 11.1 Å². The number of unbranched alkanes of at least 4 members (excludes halogenated alkanes) is 1. The molecule has 0 heterocycles. The van der Waals surface area contributed by atoms with Crippen LogP contribution in [-0.2, 0) is 0 Å². The van der Waals surface area contributed by atoms with Crippen molar-refractivity contribution in [2.45, 2.75) is 45.4 Å². The van der Waals surface area contributed by atoms with Crippen molar-refractivity contribution in [2.24, 2.45) is 5.92 Å². The summed E-state index contributed by atoms with van der Waals surface area (Å²) in [6, 6.07) is 16.4. The molecule has 0 saturated heterocycles. The van der Waals surface area contributed by atoms with E-state index in [-0.39, 0.29) is 12.5 Å². The first kappa shape index (κ1) is 20.6. The first-order valence-electron chi connectivity index (χ1n) is 9.87. The van der Waals surface area contributed by atoms with Crippen LogP contribution in [0.3, 0.4) is 0 Å². The van der Waals surface area contributed by atoms with Crippen molar-refractivity contribution in [1.82, 2.24) is 4.90 Å². The quantitative estimate of drug-likeness (QED) is 0.641. The molecule has 0 radical (unpaired) electrons. The van der Waals surface area contributed by atoms with E-state index in [2.05, 4.69) is 11.8 Å². The van der Waals surface area contributed by atoms with E-state index in [4.69, 9.17) is 5.11 Å². The number of hydrogen-bond acceptors (Lipinski definition) is 2. The second-order valence-corrected chi connectivity index (χ2v) is 7.10. The first-order valence-corrected chi connectivity index (χ1v) is 9.87. The van der Waals surface area contributed by atoms with Crippen LogP contribution in [0.4, 0.5) is 4.39 Å². The van der Waals surface area contributed by atoms with Gasteiger partial charge >= 0.3 is 0 Å². The standard InChI is InChI=1S/C12H9F.C11H23NO/c13-12-8-6-11(7-9-12)10-4-2-1-3-5-10;1-2-3-8-12(10-13)9-11-6-4-5-7-11/h1-9H;11,13H,2-10H2,1H3. The van der Waals surface area contributed by atoms with Gasteiger partial charge in [-0.25, -0.2) is 4.39 Å². The Morgan fingerprint density at radius 3 is 2.15 bits per heavy atom. The number of rotatable bonds is 7. The lowest BCUT2D eigenvalue weighted by atomic mass is 10.1. The summed E-state index contributed by atoms with van der Waals surface area (Å²) in [6.07, 6.45) is 8.00. The van der Waals surface area contributed by atoms with Gasteiger partial charge in [-0.1, -0.05) is 68.7 Å². The molecule has 2 nitrogen and oxygen atoms in total. The largest absolute Gasteiger partial charge is 0.381 e. The van der Waals surface area contributed by atoms with Crippen LogP contribution in [0.1, 0.15) is 45.4 Å². The normalized spacial score (nSPS) is 14.3. The maximum Gasteiger partial charge on any atom is 0.123 e. The molecule has 26 heavy (non-hydrogen) atoms. The lowest BCUT2D eigenvalue weighted by Crippen LogP contribution is -2.30. The van der Waals surface area contributed by atoms with Crippen LogP contribution < -0.4 is 0 Å². The highest BCUT2D eigenvalue weighted by Crippen LogP contribution is 2.25. The van der Waals surface area contributed by atoms with Gasteiger partial charge in [0.2, 0.25) is 0 Å². The molecule has 1 fully saturated rings. The molecule has 0 amide bonds. The predicted octanol–water partition coefficient (Wildman–Crippen LogP) is 5.72. The van der Waals surface area contributed by atoms with Crippen molar-refractivity contribution in [3.05, 3.63) is 60.4 Å². The highest BCUT2D eigenvalue weighted by atomic mass is 19.1. The SMILES string of the molecule is CCCCN(CO)CC1CCCC1.Fc1ccc(-c2ccccc2)cc1. The van der Waals surface area contributed by atoms with Crippen molar-refractivity contribution in [3.8, 4) is 11.1 Å². The zero-order valence-corrected chi connectivity index (χ0v) is 15.9. The van der Waals surface area contributed by atoms with Crippen molar-refractivity contribution >= 4 is 0 Å². The van der Waals surface area contributed by atoms with Crippen LogP contribution in [0.15, 0.2) is 54.6 Å². The van der Waals surface area contributed by atoms with Crippen molar-refractivity contribution in [1.29, 1.82) is 0 Å². The van der Waals surface area contributed by atoms with Crippen LogP contribution in [0.5, 0.6) is 0 Å². The predicted molar refractivity (Wildman–Crippen MR) is 107 cm³/mol. The molecule has 0 atom stereocenters. The number of hydrogen-bond donors (Lipinski definition) is 1. The van der Waals surface area contributed by atoms with Gasteiger partial charge in [-0.05, 0) is 48.4 Å². The van der Waals surface area contributed by atoms with Crippen molar-refractivity contribution < 1.29 is 9.50 Å². The topological polar surface area (TPSA) is 23.5 Å². The average molecular weight is 358 g/mol. The third-order valence-electron chi connectivity index (χ3n) is 4.97. The summed E-state index contributed by atoms with van der Waals surface area (Å²) in [5.74, 6) is 0.670. The number of benzene rings is 2. The summed E-state index contributed by atoms with van der Waals surface area (Å²) in [4.78, 5) is 2.19. The summed E-state index contributed by atoms with van der Waals surface area (Å²) in [5, 5.41) is 9.14. The van der Waals surface area contributed by atoms with E-state index < -0.39 is 0 Å². The Balaban J connectivity index is 0.000000187. The fourth-order valence-corrected chi connectivity index (χ4v) is 3.43. The Labute approximate surface area is 157 Å².